The SMILES string of the molecule is CC(=O)OC(C)(C)[C@H](O)CC(=O)[C@](C)(O)[C@H]1[C@H](O)C[C@@]2(C)[C@@H]3[C@@H](O)C=C4[C@@H](CC(=O)[C@@H](O)C4(C)C)[C@]3(C)C(=O)C[C@]12C. The first kappa shape index (κ1) is 32.9. The molecule has 3 saturated carbocycles. The summed E-state index contributed by atoms with van der Waals surface area (Å²) >= 11 is 0. The van der Waals surface area contributed by atoms with Crippen molar-refractivity contribution in [2.75, 3.05) is 0 Å². The summed E-state index contributed by atoms with van der Waals surface area (Å²) in [6.45, 7) is 14.2. The van der Waals surface area contributed by atoms with Gasteiger partial charge in [-0.25, -0.2) is 0 Å². The lowest BCUT2D eigenvalue weighted by atomic mass is 9.38. The molecule has 0 unspecified atom stereocenters. The molecular weight excluding hydrogens is 544 g/mol. The Bertz CT molecular complexity index is 1230. The number of rotatable bonds is 6. The number of carbonyl (C=O) groups excluding carboxylic acids is 4. The second-order valence-electron chi connectivity index (χ2n) is 15.4. The van der Waals surface area contributed by atoms with Crippen LogP contribution < -0.4 is 0 Å². The van der Waals surface area contributed by atoms with Crippen LogP contribution in [0.15, 0.2) is 11.6 Å². The molecule has 0 heterocycles. The minimum atomic E-state index is -2.18. The molecule has 10 nitrogen and oxygen atoms in total. The Morgan fingerprint density at radius 1 is 1.05 bits per heavy atom. The number of carbonyl (C=O) groups is 4. The van der Waals surface area contributed by atoms with Gasteiger partial charge in [-0.15, -0.1) is 0 Å². The summed E-state index contributed by atoms with van der Waals surface area (Å²) in [6.07, 6.45) is -4.05. The van der Waals surface area contributed by atoms with E-state index in [1.807, 2.05) is 6.92 Å². The minimum absolute atomic E-state index is 0.0487. The van der Waals surface area contributed by atoms with Crippen LogP contribution in [0.4, 0.5) is 0 Å². The van der Waals surface area contributed by atoms with Gasteiger partial charge in [-0.05, 0) is 38.0 Å². The van der Waals surface area contributed by atoms with E-state index < -0.39 is 93.2 Å². The van der Waals surface area contributed by atoms with Gasteiger partial charge in [-0.3, -0.25) is 19.2 Å². The largest absolute Gasteiger partial charge is 0.457 e. The fourth-order valence-corrected chi connectivity index (χ4v) is 9.67. The summed E-state index contributed by atoms with van der Waals surface area (Å²) in [6, 6.07) is 0. The van der Waals surface area contributed by atoms with Crippen molar-refractivity contribution in [3.63, 3.8) is 0 Å². The van der Waals surface area contributed by atoms with E-state index in [0.717, 1.165) is 0 Å². The molecule has 42 heavy (non-hydrogen) atoms. The van der Waals surface area contributed by atoms with Crippen molar-refractivity contribution in [1.82, 2.24) is 0 Å². The van der Waals surface area contributed by atoms with Crippen molar-refractivity contribution in [3.05, 3.63) is 11.6 Å². The Labute approximate surface area is 247 Å². The van der Waals surface area contributed by atoms with Crippen LogP contribution in [0, 0.1) is 39.4 Å². The van der Waals surface area contributed by atoms with Crippen LogP contribution in [0.1, 0.15) is 88.0 Å². The number of hydrogen-bond donors (Lipinski definition) is 5. The smallest absolute Gasteiger partial charge is 0.303 e. The van der Waals surface area contributed by atoms with E-state index in [4.69, 9.17) is 4.74 Å². The number of hydrogen-bond acceptors (Lipinski definition) is 10. The lowest BCUT2D eigenvalue weighted by Gasteiger charge is -2.65. The van der Waals surface area contributed by atoms with Gasteiger partial charge in [0.1, 0.15) is 29.2 Å². The highest BCUT2D eigenvalue weighted by molar-refractivity contribution is 5.93. The standard InChI is InChI=1S/C32H48O10/c1-15(33)42-28(4,5)21(37)12-22(38)32(9,41)25-20(36)13-29(6)24-18(34)10-16-17(11-19(35)26(40)27(16,2)3)31(24,8)23(39)14-30(25,29)7/h10,17-18,20-21,24-26,34,36-37,40-41H,11-14H2,1-9H3/t17-,18+,20-,21-,24+,25+,26-,29+,30-,31-,32+/m1/s1. The van der Waals surface area contributed by atoms with E-state index in [1.54, 1.807) is 33.8 Å². The first-order chi connectivity index (χ1) is 18.9. The molecule has 0 aromatic heterocycles. The summed E-state index contributed by atoms with van der Waals surface area (Å²) in [5.41, 5.74) is -7.20. The number of aliphatic hydroxyl groups is 5. The Morgan fingerprint density at radius 2 is 1.62 bits per heavy atom. The highest BCUT2D eigenvalue weighted by atomic mass is 16.6. The first-order valence-corrected chi connectivity index (χ1v) is 14.9. The third-order valence-electron chi connectivity index (χ3n) is 12.2. The minimum Gasteiger partial charge on any atom is -0.457 e. The fourth-order valence-electron chi connectivity index (χ4n) is 9.67. The molecule has 10 heteroatoms. The second-order valence-corrected chi connectivity index (χ2v) is 15.4. The summed E-state index contributed by atoms with van der Waals surface area (Å²) < 4.78 is 5.16. The molecular formula is C32H48O10. The summed E-state index contributed by atoms with van der Waals surface area (Å²) in [7, 11) is 0. The molecule has 0 bridgehead atoms. The molecule has 0 saturated heterocycles. The molecule has 0 spiro atoms. The highest BCUT2D eigenvalue weighted by Gasteiger charge is 2.76. The van der Waals surface area contributed by atoms with Crippen LogP contribution >= 0.6 is 0 Å². The van der Waals surface area contributed by atoms with Gasteiger partial charge in [-0.2, -0.15) is 0 Å². The first-order valence-electron chi connectivity index (χ1n) is 14.9. The quantitative estimate of drug-likeness (QED) is 0.225. The molecule has 0 radical (unpaired) electrons. The average molecular weight is 593 g/mol. The zero-order chi connectivity index (χ0) is 32.2. The molecule has 0 aromatic carbocycles. The van der Waals surface area contributed by atoms with E-state index in [0.29, 0.717) is 5.57 Å². The maximum atomic E-state index is 14.4. The van der Waals surface area contributed by atoms with Crippen LogP contribution in [-0.2, 0) is 23.9 Å². The third kappa shape index (κ3) is 4.30. The average Bonchev–Trinajstić information content (AvgIpc) is 3.02. The molecule has 4 aliphatic rings. The number of fused-ring (bicyclic) bond motifs is 5. The lowest BCUT2D eigenvalue weighted by Crippen LogP contribution is -2.68. The van der Waals surface area contributed by atoms with Crippen LogP contribution in [-0.4, -0.2) is 84.5 Å². The molecule has 11 atom stereocenters. The van der Waals surface area contributed by atoms with E-state index in [1.165, 1.54) is 27.7 Å². The maximum Gasteiger partial charge on any atom is 0.303 e. The Morgan fingerprint density at radius 3 is 2.17 bits per heavy atom. The van der Waals surface area contributed by atoms with E-state index in [-0.39, 0.29) is 30.8 Å². The van der Waals surface area contributed by atoms with Gasteiger partial charge >= 0.3 is 5.97 Å². The van der Waals surface area contributed by atoms with Crippen LogP contribution in [0.2, 0.25) is 0 Å². The summed E-state index contributed by atoms with van der Waals surface area (Å²) in [4.78, 5) is 52.4. The number of ketones is 3. The van der Waals surface area contributed by atoms with Crippen LogP contribution in [0.3, 0.4) is 0 Å². The van der Waals surface area contributed by atoms with Crippen molar-refractivity contribution in [2.24, 2.45) is 39.4 Å². The molecule has 0 aromatic rings. The third-order valence-corrected chi connectivity index (χ3v) is 12.2. The van der Waals surface area contributed by atoms with E-state index in [2.05, 4.69) is 0 Å². The van der Waals surface area contributed by atoms with Crippen molar-refractivity contribution < 1.29 is 49.4 Å². The lowest BCUT2D eigenvalue weighted by molar-refractivity contribution is -0.197. The molecule has 0 amide bonds. The molecule has 0 aliphatic heterocycles. The van der Waals surface area contributed by atoms with Gasteiger partial charge in [0.05, 0.1) is 12.2 Å². The highest BCUT2D eigenvalue weighted by Crippen LogP contribution is 2.74. The normalized spacial score (nSPS) is 43.3. The van der Waals surface area contributed by atoms with Crippen molar-refractivity contribution in [1.29, 1.82) is 0 Å². The summed E-state index contributed by atoms with van der Waals surface area (Å²) in [5, 5.41) is 56.5. The van der Waals surface area contributed by atoms with Crippen molar-refractivity contribution >= 4 is 23.3 Å². The summed E-state index contributed by atoms with van der Waals surface area (Å²) in [5.74, 6) is -4.43. The van der Waals surface area contributed by atoms with Gasteiger partial charge in [0.25, 0.3) is 0 Å². The zero-order valence-corrected chi connectivity index (χ0v) is 26.2. The molecule has 5 N–H and O–H groups in total. The topological polar surface area (TPSA) is 179 Å². The predicted molar refractivity (Wildman–Crippen MR) is 151 cm³/mol. The molecule has 3 fully saturated rings. The fraction of sp³-hybridized carbons (Fsp3) is 0.812. The monoisotopic (exact) mass is 592 g/mol. The molecule has 236 valence electrons. The van der Waals surface area contributed by atoms with Crippen molar-refractivity contribution in [3.8, 4) is 0 Å². The number of esters is 1. The van der Waals surface area contributed by atoms with Crippen LogP contribution in [0.25, 0.3) is 0 Å². The predicted octanol–water partition coefficient (Wildman–Crippen LogP) is 1.66. The number of ether oxygens (including phenoxy) is 1. The van der Waals surface area contributed by atoms with Gasteiger partial charge in [-0.1, -0.05) is 46.3 Å². The van der Waals surface area contributed by atoms with E-state index in [9.17, 15) is 44.7 Å². The van der Waals surface area contributed by atoms with Crippen LogP contribution in [0.5, 0.6) is 0 Å². The van der Waals surface area contributed by atoms with Gasteiger partial charge in [0.2, 0.25) is 0 Å². The number of Topliss-reactive ketones (excluding diaryl/α,β-unsaturated/α-hetero) is 3. The Hall–Kier alpha value is -1.98. The van der Waals surface area contributed by atoms with Gasteiger partial charge < -0.3 is 30.3 Å². The number of aliphatic hydroxyl groups excluding tert-OH is 4. The zero-order valence-electron chi connectivity index (χ0n) is 26.2. The Balaban J connectivity index is 1.76. The van der Waals surface area contributed by atoms with E-state index >= 15 is 0 Å². The van der Waals surface area contributed by atoms with Gasteiger partial charge in [0, 0.05) is 54.8 Å². The Kier molecular flexibility index (Phi) is 7.65. The molecule has 4 aliphatic carbocycles. The maximum absolute atomic E-state index is 14.4. The van der Waals surface area contributed by atoms with Gasteiger partial charge in [0.15, 0.2) is 11.6 Å². The second kappa shape index (κ2) is 9.76. The molecule has 4 rings (SSSR count). The van der Waals surface area contributed by atoms with Crippen molar-refractivity contribution in [2.45, 2.75) is 124 Å².